The maximum absolute atomic E-state index is 11.7. The van der Waals surface area contributed by atoms with Crippen LogP contribution in [0.5, 0.6) is 0 Å². The molecule has 5 atom stereocenters. The van der Waals surface area contributed by atoms with Gasteiger partial charge in [-0.15, -0.1) is 0 Å². The van der Waals surface area contributed by atoms with E-state index in [0.29, 0.717) is 13.0 Å². The summed E-state index contributed by atoms with van der Waals surface area (Å²) >= 11 is 0. The van der Waals surface area contributed by atoms with E-state index < -0.39 is 30.7 Å². The zero-order chi connectivity index (χ0) is 17.9. The summed E-state index contributed by atoms with van der Waals surface area (Å²) in [6.07, 6.45) is -0.0690. The van der Waals surface area contributed by atoms with Crippen molar-refractivity contribution in [3.05, 3.63) is 0 Å². The second kappa shape index (κ2) is 11.8. The lowest BCUT2D eigenvalue weighted by Gasteiger charge is -2.39. The molecule has 0 bridgehead atoms. The lowest BCUT2D eigenvalue weighted by Crippen LogP contribution is -2.59. The molecular weight excluding hydrogens is 316 g/mol. The highest BCUT2D eigenvalue weighted by Gasteiger charge is 2.44. The Kier molecular flexibility index (Phi) is 10.4. The number of carbonyl (C=O) groups is 1. The summed E-state index contributed by atoms with van der Waals surface area (Å²) in [6.45, 7) is 4.30. The van der Waals surface area contributed by atoms with E-state index in [1.54, 1.807) is 0 Å². The smallest absolute Gasteiger partial charge is 0.305 e. The number of esters is 1. The van der Waals surface area contributed by atoms with Crippen LogP contribution >= 0.6 is 0 Å². The minimum atomic E-state index is -1.40. The van der Waals surface area contributed by atoms with Crippen LogP contribution in [0, 0.1) is 0 Å². The molecule has 0 saturated carbocycles. The van der Waals surface area contributed by atoms with Crippen molar-refractivity contribution in [1.82, 2.24) is 0 Å². The Morgan fingerprint density at radius 1 is 0.958 bits per heavy atom. The van der Waals surface area contributed by atoms with Crippen molar-refractivity contribution in [1.29, 1.82) is 0 Å². The van der Waals surface area contributed by atoms with Gasteiger partial charge in [0.25, 0.3) is 0 Å². The predicted octanol–water partition coefficient (Wildman–Crippen LogP) is 1.12. The molecule has 0 aromatic heterocycles. The zero-order valence-corrected chi connectivity index (χ0v) is 14.7. The minimum Gasteiger partial charge on any atom is -0.463 e. The molecule has 0 aromatic rings. The maximum atomic E-state index is 11.7. The molecule has 0 aliphatic carbocycles. The van der Waals surface area contributed by atoms with Gasteiger partial charge in [-0.2, -0.15) is 0 Å². The molecule has 7 heteroatoms. The van der Waals surface area contributed by atoms with Crippen LogP contribution in [0.25, 0.3) is 0 Å². The molecule has 7 nitrogen and oxygen atoms in total. The second-order valence-electron chi connectivity index (χ2n) is 6.23. The topological polar surface area (TPSA) is 105 Å². The van der Waals surface area contributed by atoms with Crippen molar-refractivity contribution in [2.24, 2.45) is 0 Å². The first-order valence-corrected chi connectivity index (χ1v) is 8.98. The van der Waals surface area contributed by atoms with Crippen LogP contribution in [0.1, 0.15) is 58.8 Å². The highest BCUT2D eigenvalue weighted by molar-refractivity contribution is 5.69. The third kappa shape index (κ3) is 7.03. The van der Waals surface area contributed by atoms with Gasteiger partial charge in [0.1, 0.15) is 31.0 Å². The molecule has 1 heterocycles. The highest BCUT2D eigenvalue weighted by atomic mass is 16.7. The van der Waals surface area contributed by atoms with Gasteiger partial charge in [-0.3, -0.25) is 4.79 Å². The van der Waals surface area contributed by atoms with Crippen LogP contribution in [0.2, 0.25) is 0 Å². The molecule has 142 valence electrons. The van der Waals surface area contributed by atoms with E-state index in [0.717, 1.165) is 38.5 Å². The van der Waals surface area contributed by atoms with E-state index in [2.05, 4.69) is 6.92 Å². The van der Waals surface area contributed by atoms with Gasteiger partial charge in [0.15, 0.2) is 6.29 Å². The first-order valence-electron chi connectivity index (χ1n) is 8.98. The van der Waals surface area contributed by atoms with Crippen molar-refractivity contribution < 1.29 is 34.3 Å². The zero-order valence-electron chi connectivity index (χ0n) is 14.7. The first-order chi connectivity index (χ1) is 11.5. The van der Waals surface area contributed by atoms with Crippen molar-refractivity contribution in [3.63, 3.8) is 0 Å². The average molecular weight is 348 g/mol. The van der Waals surface area contributed by atoms with E-state index in [9.17, 15) is 20.1 Å². The Morgan fingerprint density at radius 2 is 1.67 bits per heavy atom. The maximum Gasteiger partial charge on any atom is 0.305 e. The third-order valence-electron chi connectivity index (χ3n) is 4.09. The number of hydrogen-bond donors (Lipinski definition) is 3. The summed E-state index contributed by atoms with van der Waals surface area (Å²) < 4.78 is 16.0. The number of hydrogen-bond acceptors (Lipinski definition) is 7. The van der Waals surface area contributed by atoms with Crippen LogP contribution in [0.15, 0.2) is 0 Å². The quantitative estimate of drug-likeness (QED) is 0.379. The molecule has 1 aliphatic rings. The Hall–Kier alpha value is -0.730. The van der Waals surface area contributed by atoms with Gasteiger partial charge >= 0.3 is 5.97 Å². The lowest BCUT2D eigenvalue weighted by atomic mass is 9.99. The van der Waals surface area contributed by atoms with Crippen molar-refractivity contribution in [3.8, 4) is 0 Å². The van der Waals surface area contributed by atoms with Crippen LogP contribution in [-0.4, -0.2) is 65.2 Å². The number of unbranched alkanes of at least 4 members (excludes halogenated alkanes) is 4. The molecule has 0 amide bonds. The van der Waals surface area contributed by atoms with Gasteiger partial charge in [0.05, 0.1) is 0 Å². The minimum absolute atomic E-state index is 0.175. The summed E-state index contributed by atoms with van der Waals surface area (Å²) in [6, 6.07) is 0. The van der Waals surface area contributed by atoms with Gasteiger partial charge in [0, 0.05) is 13.0 Å². The fourth-order valence-electron chi connectivity index (χ4n) is 2.48. The number of ether oxygens (including phenoxy) is 3. The molecule has 1 unspecified atom stereocenters. The normalized spacial score (nSPS) is 30.3. The number of aliphatic hydroxyl groups is 3. The Bertz CT molecular complexity index is 350. The van der Waals surface area contributed by atoms with Gasteiger partial charge in [-0.25, -0.2) is 0 Å². The molecule has 0 aromatic carbocycles. The van der Waals surface area contributed by atoms with E-state index >= 15 is 0 Å². The highest BCUT2D eigenvalue weighted by Crippen LogP contribution is 2.23. The number of aliphatic hydroxyl groups excluding tert-OH is 3. The predicted molar refractivity (Wildman–Crippen MR) is 87.3 cm³/mol. The summed E-state index contributed by atoms with van der Waals surface area (Å²) in [5.74, 6) is -0.356. The SMILES string of the molecule is CCCCCCC(=O)OC[C@H]1OC(OCCCC)[C@H](O)[C@@H](O)[C@@H]1O. The molecule has 1 fully saturated rings. The molecule has 0 spiro atoms. The summed E-state index contributed by atoms with van der Waals surface area (Å²) in [5.41, 5.74) is 0. The van der Waals surface area contributed by atoms with E-state index in [-0.39, 0.29) is 12.6 Å². The number of carbonyl (C=O) groups excluding carboxylic acids is 1. The molecule has 24 heavy (non-hydrogen) atoms. The number of rotatable bonds is 11. The van der Waals surface area contributed by atoms with E-state index in [1.165, 1.54) is 0 Å². The van der Waals surface area contributed by atoms with Crippen LogP contribution in [0.3, 0.4) is 0 Å². The van der Waals surface area contributed by atoms with Crippen LogP contribution in [-0.2, 0) is 19.0 Å². The Labute approximate surface area is 143 Å². The monoisotopic (exact) mass is 348 g/mol. The molecule has 1 saturated heterocycles. The molecule has 1 aliphatic heterocycles. The van der Waals surface area contributed by atoms with Gasteiger partial charge in [-0.1, -0.05) is 39.5 Å². The van der Waals surface area contributed by atoms with E-state index in [4.69, 9.17) is 14.2 Å². The molecule has 1 rings (SSSR count). The van der Waals surface area contributed by atoms with Crippen molar-refractivity contribution in [2.45, 2.75) is 89.5 Å². The van der Waals surface area contributed by atoms with Crippen LogP contribution < -0.4 is 0 Å². The summed E-state index contributed by atoms with van der Waals surface area (Å²) in [4.78, 5) is 11.7. The Morgan fingerprint density at radius 3 is 2.33 bits per heavy atom. The van der Waals surface area contributed by atoms with Gasteiger partial charge in [0.2, 0.25) is 0 Å². The summed E-state index contributed by atoms with van der Waals surface area (Å²) in [7, 11) is 0. The average Bonchev–Trinajstić information content (AvgIpc) is 2.58. The van der Waals surface area contributed by atoms with Gasteiger partial charge < -0.3 is 29.5 Å². The molecule has 0 radical (unpaired) electrons. The molecular formula is C17H32O7. The standard InChI is InChI=1S/C17H32O7/c1-3-5-7-8-9-13(18)23-11-12-14(19)15(20)16(21)17(24-12)22-10-6-4-2/h12,14-17,19-21H,3-11H2,1-2H3/t12-,14-,15+,16-,17?/m1/s1. The summed E-state index contributed by atoms with van der Waals surface area (Å²) in [5, 5.41) is 29.8. The van der Waals surface area contributed by atoms with E-state index in [1.807, 2.05) is 6.92 Å². The van der Waals surface area contributed by atoms with Crippen molar-refractivity contribution in [2.75, 3.05) is 13.2 Å². The van der Waals surface area contributed by atoms with Crippen molar-refractivity contribution >= 4 is 5.97 Å². The second-order valence-corrected chi connectivity index (χ2v) is 6.23. The third-order valence-corrected chi connectivity index (χ3v) is 4.09. The fraction of sp³-hybridized carbons (Fsp3) is 0.941. The fourth-order valence-corrected chi connectivity index (χ4v) is 2.48. The first kappa shape index (κ1) is 21.3. The molecule has 3 N–H and O–H groups in total. The largest absolute Gasteiger partial charge is 0.463 e. The van der Waals surface area contributed by atoms with Gasteiger partial charge in [-0.05, 0) is 12.8 Å². The lowest BCUT2D eigenvalue weighted by molar-refractivity contribution is -0.301. The van der Waals surface area contributed by atoms with Crippen LogP contribution in [0.4, 0.5) is 0 Å². The Balaban J connectivity index is 2.40.